The zero-order chi connectivity index (χ0) is 8.69. The van der Waals surface area contributed by atoms with Crippen molar-refractivity contribution in [1.29, 1.82) is 0 Å². The molecule has 68 valence electrons. The maximum Gasteiger partial charge on any atom is 0.109 e. The molecule has 3 heteroatoms. The van der Waals surface area contributed by atoms with Gasteiger partial charge in [0.05, 0.1) is 13.2 Å². The summed E-state index contributed by atoms with van der Waals surface area (Å²) >= 11 is 0. The lowest BCUT2D eigenvalue weighted by Crippen LogP contribution is -2.26. The van der Waals surface area contributed by atoms with E-state index < -0.39 is 6.10 Å². The first kappa shape index (κ1) is 10.9. The highest BCUT2D eigenvalue weighted by Crippen LogP contribution is 2.08. The average Bonchev–Trinajstić information content (AvgIpc) is 2.42. The van der Waals surface area contributed by atoms with E-state index in [0.717, 1.165) is 0 Å². The lowest BCUT2D eigenvalue weighted by molar-refractivity contribution is -0.00344. The number of aliphatic hydroxyl groups is 1. The van der Waals surface area contributed by atoms with Crippen LogP contribution >= 0.6 is 0 Å². The lowest BCUT2D eigenvalue weighted by Gasteiger charge is -2.10. The first-order valence-corrected chi connectivity index (χ1v) is 4.22. The molecule has 1 aliphatic rings. The van der Waals surface area contributed by atoms with Gasteiger partial charge in [0.2, 0.25) is 0 Å². The molecular formula is C8H18O3. The molecule has 0 radical (unpaired) electrons. The van der Waals surface area contributed by atoms with E-state index in [9.17, 15) is 0 Å². The summed E-state index contributed by atoms with van der Waals surface area (Å²) in [7, 11) is 0. The summed E-state index contributed by atoms with van der Waals surface area (Å²) in [5, 5.41) is 9.07. The first-order chi connectivity index (χ1) is 5.34. The largest absolute Gasteiger partial charge is 0.388 e. The Morgan fingerprint density at radius 1 is 1.45 bits per heavy atom. The second-order valence-corrected chi connectivity index (χ2v) is 2.10. The molecule has 1 rings (SSSR count). The third-order valence-corrected chi connectivity index (χ3v) is 1.38. The summed E-state index contributed by atoms with van der Waals surface area (Å²) in [6.45, 7) is 7.51. The van der Waals surface area contributed by atoms with Gasteiger partial charge >= 0.3 is 0 Å². The third-order valence-electron chi connectivity index (χ3n) is 1.38. The minimum Gasteiger partial charge on any atom is -0.388 e. The summed E-state index contributed by atoms with van der Waals surface area (Å²) in [6.07, 6.45) is -0.500. The lowest BCUT2D eigenvalue weighted by atomic mass is 10.3. The van der Waals surface area contributed by atoms with Crippen molar-refractivity contribution in [1.82, 2.24) is 0 Å². The quantitative estimate of drug-likeness (QED) is 0.653. The maximum absolute atomic E-state index is 9.07. The highest BCUT2D eigenvalue weighted by molar-refractivity contribution is 4.73. The highest BCUT2D eigenvalue weighted by Gasteiger charge is 2.25. The average molecular weight is 162 g/mol. The van der Waals surface area contributed by atoms with Gasteiger partial charge in [-0.15, -0.1) is 0 Å². The molecule has 0 aromatic rings. The van der Waals surface area contributed by atoms with Crippen LogP contribution in [0.15, 0.2) is 0 Å². The van der Waals surface area contributed by atoms with Crippen LogP contribution in [-0.4, -0.2) is 37.1 Å². The number of ether oxygens (including phenoxy) is 2. The Labute approximate surface area is 68.3 Å². The van der Waals surface area contributed by atoms with Crippen LogP contribution in [0.25, 0.3) is 0 Å². The molecule has 0 spiro atoms. The standard InChI is InChI=1S/C6H12O3.C2H6/c1-2-9-6-4-8-3-5(6)7;1-2/h5-7H,2-4H2,1H3;1-2H3. The van der Waals surface area contributed by atoms with Gasteiger partial charge in [0.25, 0.3) is 0 Å². The van der Waals surface area contributed by atoms with Gasteiger partial charge in [-0.1, -0.05) is 13.8 Å². The van der Waals surface area contributed by atoms with Crippen molar-refractivity contribution < 1.29 is 14.6 Å². The van der Waals surface area contributed by atoms with Gasteiger partial charge in [-0.25, -0.2) is 0 Å². The second kappa shape index (κ2) is 6.58. The van der Waals surface area contributed by atoms with Crippen LogP contribution < -0.4 is 0 Å². The Morgan fingerprint density at radius 2 is 2.09 bits per heavy atom. The van der Waals surface area contributed by atoms with E-state index in [2.05, 4.69) is 0 Å². The van der Waals surface area contributed by atoms with Gasteiger partial charge in [-0.3, -0.25) is 0 Å². The molecule has 2 unspecified atom stereocenters. The van der Waals surface area contributed by atoms with Crippen LogP contribution in [0.5, 0.6) is 0 Å². The third kappa shape index (κ3) is 3.70. The van der Waals surface area contributed by atoms with Crippen LogP contribution in [-0.2, 0) is 9.47 Å². The van der Waals surface area contributed by atoms with Crippen molar-refractivity contribution in [3.05, 3.63) is 0 Å². The molecule has 0 bridgehead atoms. The molecule has 0 amide bonds. The summed E-state index contributed by atoms with van der Waals surface area (Å²) in [6, 6.07) is 0. The predicted octanol–water partition coefficient (Wildman–Crippen LogP) is 0.809. The molecule has 1 heterocycles. The fourth-order valence-corrected chi connectivity index (χ4v) is 0.897. The zero-order valence-corrected chi connectivity index (χ0v) is 7.54. The predicted molar refractivity (Wildman–Crippen MR) is 43.6 cm³/mol. The van der Waals surface area contributed by atoms with Crippen LogP contribution in [0.3, 0.4) is 0 Å². The van der Waals surface area contributed by atoms with Gasteiger partial charge in [0.1, 0.15) is 12.2 Å². The minimum absolute atomic E-state index is 0.0880. The molecule has 0 saturated carbocycles. The van der Waals surface area contributed by atoms with Crippen LogP contribution in [0, 0.1) is 0 Å². The van der Waals surface area contributed by atoms with E-state index in [-0.39, 0.29) is 6.10 Å². The summed E-state index contributed by atoms with van der Waals surface area (Å²) < 4.78 is 10.1. The van der Waals surface area contributed by atoms with E-state index in [1.807, 2.05) is 20.8 Å². The number of aliphatic hydroxyl groups excluding tert-OH is 1. The minimum atomic E-state index is -0.412. The van der Waals surface area contributed by atoms with Crippen molar-refractivity contribution >= 4 is 0 Å². The summed E-state index contributed by atoms with van der Waals surface area (Å²) in [4.78, 5) is 0. The smallest absolute Gasteiger partial charge is 0.109 e. The maximum atomic E-state index is 9.07. The molecule has 3 nitrogen and oxygen atoms in total. The molecule has 0 aromatic carbocycles. The monoisotopic (exact) mass is 162 g/mol. The van der Waals surface area contributed by atoms with Crippen molar-refractivity contribution in [2.75, 3.05) is 19.8 Å². The van der Waals surface area contributed by atoms with Crippen molar-refractivity contribution in [3.8, 4) is 0 Å². The Bertz CT molecular complexity index is 85.4. The Balaban J connectivity index is 0.000000461. The van der Waals surface area contributed by atoms with Crippen molar-refractivity contribution in [2.24, 2.45) is 0 Å². The Kier molecular flexibility index (Phi) is 6.51. The summed E-state index contributed by atoms with van der Waals surface area (Å²) in [5.74, 6) is 0. The second-order valence-electron chi connectivity index (χ2n) is 2.10. The molecule has 1 saturated heterocycles. The van der Waals surface area contributed by atoms with E-state index in [1.165, 1.54) is 0 Å². The molecular weight excluding hydrogens is 144 g/mol. The van der Waals surface area contributed by atoms with Gasteiger partial charge in [-0.2, -0.15) is 0 Å². The molecule has 11 heavy (non-hydrogen) atoms. The van der Waals surface area contributed by atoms with Crippen LogP contribution in [0.1, 0.15) is 20.8 Å². The van der Waals surface area contributed by atoms with E-state index in [0.29, 0.717) is 19.8 Å². The summed E-state index contributed by atoms with van der Waals surface area (Å²) in [5.41, 5.74) is 0. The number of hydrogen-bond acceptors (Lipinski definition) is 3. The van der Waals surface area contributed by atoms with Gasteiger partial charge in [-0.05, 0) is 6.92 Å². The van der Waals surface area contributed by atoms with Crippen LogP contribution in [0.4, 0.5) is 0 Å². The van der Waals surface area contributed by atoms with Crippen LogP contribution in [0.2, 0.25) is 0 Å². The fourth-order valence-electron chi connectivity index (χ4n) is 0.897. The molecule has 2 atom stereocenters. The van der Waals surface area contributed by atoms with Crippen molar-refractivity contribution in [2.45, 2.75) is 33.0 Å². The SMILES string of the molecule is CC.CCOC1COCC1O. The fraction of sp³-hybridized carbons (Fsp3) is 1.00. The molecule has 0 aromatic heterocycles. The van der Waals surface area contributed by atoms with Gasteiger partial charge in [0.15, 0.2) is 0 Å². The Hall–Kier alpha value is -0.120. The van der Waals surface area contributed by atoms with Crippen molar-refractivity contribution in [3.63, 3.8) is 0 Å². The van der Waals surface area contributed by atoms with Gasteiger partial charge < -0.3 is 14.6 Å². The van der Waals surface area contributed by atoms with Gasteiger partial charge in [0, 0.05) is 6.61 Å². The Morgan fingerprint density at radius 3 is 2.45 bits per heavy atom. The number of hydrogen-bond donors (Lipinski definition) is 1. The first-order valence-electron chi connectivity index (χ1n) is 4.22. The van der Waals surface area contributed by atoms with E-state index in [1.54, 1.807) is 0 Å². The molecule has 1 N–H and O–H groups in total. The topological polar surface area (TPSA) is 38.7 Å². The molecule has 1 fully saturated rings. The van der Waals surface area contributed by atoms with E-state index >= 15 is 0 Å². The molecule has 1 aliphatic heterocycles. The van der Waals surface area contributed by atoms with E-state index in [4.69, 9.17) is 14.6 Å². The number of rotatable bonds is 2. The normalized spacial score (nSPS) is 29.5. The zero-order valence-electron chi connectivity index (χ0n) is 7.54. The molecule has 0 aliphatic carbocycles. The highest BCUT2D eigenvalue weighted by atomic mass is 16.6.